The van der Waals surface area contributed by atoms with Gasteiger partial charge in [-0.15, -0.1) is 0 Å². The first-order valence-corrected chi connectivity index (χ1v) is 13.8. The van der Waals surface area contributed by atoms with Crippen molar-refractivity contribution in [2.24, 2.45) is 0 Å². The summed E-state index contributed by atoms with van der Waals surface area (Å²) in [5.74, 6) is -3.06. The molecule has 1 N–H and O–H groups in total. The first-order valence-electron chi connectivity index (χ1n) is 11.2. The van der Waals surface area contributed by atoms with Gasteiger partial charge in [-0.25, -0.2) is 17.2 Å². The molecule has 2 aromatic rings. The van der Waals surface area contributed by atoms with Crippen LogP contribution < -0.4 is 9.62 Å². The van der Waals surface area contributed by atoms with Crippen LogP contribution >= 0.6 is 23.2 Å². The van der Waals surface area contributed by atoms with E-state index in [-0.39, 0.29) is 43.6 Å². The highest BCUT2D eigenvalue weighted by Crippen LogP contribution is 2.24. The zero-order chi connectivity index (χ0) is 27.2. The number of carbonyl (C=O) groups is 2. The van der Waals surface area contributed by atoms with E-state index in [1.807, 2.05) is 0 Å². The summed E-state index contributed by atoms with van der Waals surface area (Å²) in [5.41, 5.74) is 0.525. The van der Waals surface area contributed by atoms with E-state index < -0.39 is 33.6 Å². The molecule has 0 fully saturated rings. The Labute approximate surface area is 220 Å². The fraction of sp³-hybridized carbons (Fsp3) is 0.417. The molecule has 0 aliphatic heterocycles. The molecule has 0 aliphatic rings. The van der Waals surface area contributed by atoms with E-state index in [4.69, 9.17) is 23.2 Å². The van der Waals surface area contributed by atoms with E-state index in [1.165, 1.54) is 11.0 Å². The normalized spacial score (nSPS) is 12.4. The van der Waals surface area contributed by atoms with Crippen LogP contribution in [0.1, 0.15) is 39.2 Å². The summed E-state index contributed by atoms with van der Waals surface area (Å²) in [6, 6.07) is 6.59. The minimum absolute atomic E-state index is 0.0283. The number of nitrogens with zero attached hydrogens (tertiary/aromatic N) is 2. The van der Waals surface area contributed by atoms with Crippen LogP contribution in [0.3, 0.4) is 0 Å². The fourth-order valence-corrected chi connectivity index (χ4v) is 4.89. The molecule has 0 saturated carbocycles. The third-order valence-electron chi connectivity index (χ3n) is 5.30. The average molecular weight is 564 g/mol. The number of hydrogen-bond acceptors (Lipinski definition) is 4. The van der Waals surface area contributed by atoms with E-state index in [2.05, 4.69) is 5.32 Å². The van der Waals surface area contributed by atoms with Crippen molar-refractivity contribution in [2.45, 2.75) is 52.2 Å². The largest absolute Gasteiger partial charge is 0.352 e. The second-order valence-corrected chi connectivity index (χ2v) is 11.4. The topological polar surface area (TPSA) is 86.8 Å². The van der Waals surface area contributed by atoms with Gasteiger partial charge in [0.15, 0.2) is 11.6 Å². The van der Waals surface area contributed by atoms with Crippen LogP contribution in [0.25, 0.3) is 0 Å². The Morgan fingerprint density at radius 2 is 1.69 bits per heavy atom. The molecular weight excluding hydrogens is 535 g/mol. The van der Waals surface area contributed by atoms with Crippen LogP contribution in [0.15, 0.2) is 36.4 Å². The molecule has 7 nitrogen and oxygen atoms in total. The Hall–Kier alpha value is -2.43. The molecule has 2 rings (SSSR count). The SMILES string of the molecule is CC(C)NC(=O)[C@H](C)N(Cc1ccc(Cl)cc1Cl)C(=O)CCCN(c1ccc(F)c(F)c1)S(C)(=O)=O. The van der Waals surface area contributed by atoms with Crippen molar-refractivity contribution in [3.05, 3.63) is 63.6 Å². The van der Waals surface area contributed by atoms with Gasteiger partial charge in [0.05, 0.1) is 11.9 Å². The summed E-state index contributed by atoms with van der Waals surface area (Å²) in [7, 11) is -3.84. The average Bonchev–Trinajstić information content (AvgIpc) is 2.76. The number of nitrogens with one attached hydrogen (secondary N) is 1. The summed E-state index contributed by atoms with van der Waals surface area (Å²) < 4.78 is 52.5. The number of amides is 2. The maximum absolute atomic E-state index is 13.7. The maximum Gasteiger partial charge on any atom is 0.242 e. The first-order chi connectivity index (χ1) is 16.7. The van der Waals surface area contributed by atoms with Gasteiger partial charge in [-0.05, 0) is 57.0 Å². The van der Waals surface area contributed by atoms with Crippen LogP contribution in [0, 0.1) is 11.6 Å². The minimum Gasteiger partial charge on any atom is -0.352 e. The highest BCUT2D eigenvalue weighted by atomic mass is 35.5. The molecule has 0 saturated heterocycles. The lowest BCUT2D eigenvalue weighted by atomic mass is 10.1. The van der Waals surface area contributed by atoms with Crippen molar-refractivity contribution in [1.82, 2.24) is 10.2 Å². The van der Waals surface area contributed by atoms with Crippen molar-refractivity contribution in [3.63, 3.8) is 0 Å². The lowest BCUT2D eigenvalue weighted by Crippen LogP contribution is -2.49. The summed E-state index contributed by atoms with van der Waals surface area (Å²) in [4.78, 5) is 27.3. The molecular formula is C24H29Cl2F2N3O4S. The van der Waals surface area contributed by atoms with Crippen molar-refractivity contribution in [2.75, 3.05) is 17.1 Å². The molecule has 36 heavy (non-hydrogen) atoms. The molecule has 0 radical (unpaired) electrons. The van der Waals surface area contributed by atoms with Crippen LogP contribution in [0.4, 0.5) is 14.5 Å². The van der Waals surface area contributed by atoms with E-state index >= 15 is 0 Å². The van der Waals surface area contributed by atoms with Crippen molar-refractivity contribution in [1.29, 1.82) is 0 Å². The molecule has 0 aromatic heterocycles. The third kappa shape index (κ3) is 8.31. The van der Waals surface area contributed by atoms with Crippen molar-refractivity contribution < 1.29 is 26.8 Å². The molecule has 2 amide bonds. The van der Waals surface area contributed by atoms with Crippen LogP contribution in [0.2, 0.25) is 10.0 Å². The van der Waals surface area contributed by atoms with Gasteiger partial charge in [0.1, 0.15) is 6.04 Å². The number of rotatable bonds is 11. The molecule has 198 valence electrons. The second kappa shape index (κ2) is 12.7. The smallest absolute Gasteiger partial charge is 0.242 e. The summed E-state index contributed by atoms with van der Waals surface area (Å²) >= 11 is 12.2. The highest BCUT2D eigenvalue weighted by Gasteiger charge is 2.27. The fourth-order valence-electron chi connectivity index (χ4n) is 3.47. The summed E-state index contributed by atoms with van der Waals surface area (Å²) in [6.45, 7) is 5.05. The van der Waals surface area contributed by atoms with Gasteiger partial charge in [-0.1, -0.05) is 29.3 Å². The molecule has 1 atom stereocenters. The Morgan fingerprint density at radius 1 is 1.03 bits per heavy atom. The molecule has 2 aromatic carbocycles. The van der Waals surface area contributed by atoms with E-state index in [0.29, 0.717) is 15.6 Å². The van der Waals surface area contributed by atoms with Crippen LogP contribution in [-0.2, 0) is 26.2 Å². The second-order valence-electron chi connectivity index (χ2n) is 8.63. The molecule has 0 spiro atoms. The number of carbonyl (C=O) groups excluding carboxylic acids is 2. The number of hydrogen-bond donors (Lipinski definition) is 1. The lowest BCUT2D eigenvalue weighted by Gasteiger charge is -2.30. The van der Waals surface area contributed by atoms with Gasteiger partial charge >= 0.3 is 0 Å². The van der Waals surface area contributed by atoms with Gasteiger partial charge in [0, 0.05) is 41.7 Å². The van der Waals surface area contributed by atoms with Gasteiger partial charge < -0.3 is 10.2 Å². The summed E-state index contributed by atoms with van der Waals surface area (Å²) in [6.07, 6.45) is 0.887. The van der Waals surface area contributed by atoms with Crippen LogP contribution in [-0.4, -0.2) is 50.0 Å². The minimum atomic E-state index is -3.84. The Balaban J connectivity index is 2.22. The molecule has 0 bridgehead atoms. The lowest BCUT2D eigenvalue weighted by molar-refractivity contribution is -0.140. The number of halogens is 4. The maximum atomic E-state index is 13.7. The summed E-state index contributed by atoms with van der Waals surface area (Å²) in [5, 5.41) is 3.53. The van der Waals surface area contributed by atoms with E-state index in [0.717, 1.165) is 28.8 Å². The standard InChI is InChI=1S/C24H29Cl2F2N3O4S/c1-15(2)29-24(33)16(3)30(14-17-7-8-18(25)12-20(17)26)23(32)6-5-11-31(36(4,34)35)19-9-10-21(27)22(28)13-19/h7-10,12-13,15-16H,5-6,11,14H2,1-4H3,(H,29,33)/t16-/m0/s1. The number of benzene rings is 2. The van der Waals surface area contributed by atoms with Crippen LogP contribution in [0.5, 0.6) is 0 Å². The predicted octanol–water partition coefficient (Wildman–Crippen LogP) is 4.76. The molecule has 0 heterocycles. The van der Waals surface area contributed by atoms with Gasteiger partial charge in [0.2, 0.25) is 21.8 Å². The molecule has 0 aliphatic carbocycles. The first kappa shape index (κ1) is 29.8. The zero-order valence-corrected chi connectivity index (χ0v) is 22.7. The predicted molar refractivity (Wildman–Crippen MR) is 138 cm³/mol. The van der Waals surface area contributed by atoms with Crippen molar-refractivity contribution in [3.8, 4) is 0 Å². The van der Waals surface area contributed by atoms with Crippen molar-refractivity contribution >= 4 is 50.7 Å². The highest BCUT2D eigenvalue weighted by molar-refractivity contribution is 7.92. The molecule has 12 heteroatoms. The Morgan fingerprint density at radius 3 is 2.25 bits per heavy atom. The monoisotopic (exact) mass is 563 g/mol. The number of anilines is 1. The quantitative estimate of drug-likeness (QED) is 0.427. The molecule has 0 unspecified atom stereocenters. The zero-order valence-electron chi connectivity index (χ0n) is 20.4. The van der Waals surface area contributed by atoms with Gasteiger partial charge in [0.25, 0.3) is 0 Å². The van der Waals surface area contributed by atoms with Gasteiger partial charge in [-0.3, -0.25) is 13.9 Å². The van der Waals surface area contributed by atoms with E-state index in [1.54, 1.807) is 32.9 Å². The Bertz CT molecular complexity index is 1210. The third-order valence-corrected chi connectivity index (χ3v) is 7.08. The van der Waals surface area contributed by atoms with E-state index in [9.17, 15) is 26.8 Å². The number of sulfonamides is 1. The van der Waals surface area contributed by atoms with Gasteiger partial charge in [-0.2, -0.15) is 0 Å². The Kier molecular flexibility index (Phi) is 10.5.